The molecular weight excluding hydrogens is 304 g/mol. The Morgan fingerprint density at radius 2 is 1.95 bits per heavy atom. The smallest absolute Gasteiger partial charge is 0.326 e. The zero-order valence-corrected chi connectivity index (χ0v) is 12.9. The number of thioether (sulfide) groups is 1. The number of carbonyl (C=O) groups excluding carboxylic acids is 1. The Morgan fingerprint density at radius 3 is 2.45 bits per heavy atom. The molecule has 0 aromatic carbocycles. The normalized spacial score (nSPS) is 20.1. The average Bonchev–Trinajstić information content (AvgIpc) is 2.36. The molecule has 1 aliphatic rings. The number of sulfone groups is 1. The van der Waals surface area contributed by atoms with Crippen molar-refractivity contribution in [3.05, 3.63) is 0 Å². The highest BCUT2D eigenvalue weighted by molar-refractivity contribution is 7.98. The van der Waals surface area contributed by atoms with E-state index in [9.17, 15) is 18.0 Å². The van der Waals surface area contributed by atoms with Gasteiger partial charge < -0.3 is 15.7 Å². The van der Waals surface area contributed by atoms with Gasteiger partial charge in [-0.3, -0.25) is 0 Å². The van der Waals surface area contributed by atoms with Crippen LogP contribution in [0.4, 0.5) is 4.79 Å². The van der Waals surface area contributed by atoms with E-state index in [0.29, 0.717) is 25.0 Å². The van der Waals surface area contributed by atoms with E-state index in [2.05, 4.69) is 10.6 Å². The standard InChI is InChI=1S/C11H20N2O5S2/c1-19-5-2-9(10(14)15)13-11(16)12-8-3-6-20(17,18)7-4-8/h8-9H,2-7H2,1H3,(H,14,15)(H2,12,13,16)/t9-/m0/s1. The van der Waals surface area contributed by atoms with Crippen LogP contribution in [0, 0.1) is 0 Å². The molecule has 1 aliphatic heterocycles. The molecule has 1 fully saturated rings. The lowest BCUT2D eigenvalue weighted by molar-refractivity contribution is -0.139. The van der Waals surface area contributed by atoms with Crippen molar-refractivity contribution < 1.29 is 23.1 Å². The zero-order valence-electron chi connectivity index (χ0n) is 11.3. The number of hydrogen-bond donors (Lipinski definition) is 3. The summed E-state index contributed by atoms with van der Waals surface area (Å²) in [4.78, 5) is 22.7. The number of rotatable bonds is 6. The van der Waals surface area contributed by atoms with Crippen molar-refractivity contribution in [2.24, 2.45) is 0 Å². The first-order valence-electron chi connectivity index (χ1n) is 6.33. The predicted octanol–water partition coefficient (Wildman–Crippen LogP) is 0.0691. The largest absolute Gasteiger partial charge is 0.480 e. The van der Waals surface area contributed by atoms with Crippen LogP contribution in [0.2, 0.25) is 0 Å². The average molecular weight is 324 g/mol. The Bertz CT molecular complexity index is 438. The van der Waals surface area contributed by atoms with E-state index in [0.717, 1.165) is 0 Å². The summed E-state index contributed by atoms with van der Waals surface area (Å²) in [7, 11) is -2.97. The Balaban J connectivity index is 2.40. The SMILES string of the molecule is CSCC[C@H](NC(=O)NC1CCS(=O)(=O)CC1)C(=O)O. The summed E-state index contributed by atoms with van der Waals surface area (Å²) < 4.78 is 22.5. The molecule has 7 nitrogen and oxygen atoms in total. The van der Waals surface area contributed by atoms with Gasteiger partial charge in [-0.25, -0.2) is 18.0 Å². The molecule has 0 aromatic heterocycles. The van der Waals surface area contributed by atoms with Crippen LogP contribution < -0.4 is 10.6 Å². The molecule has 0 saturated carbocycles. The number of carboxylic acid groups (broad SMARTS) is 1. The predicted molar refractivity (Wildman–Crippen MR) is 77.8 cm³/mol. The molecule has 0 aliphatic carbocycles. The van der Waals surface area contributed by atoms with Crippen molar-refractivity contribution in [1.29, 1.82) is 0 Å². The number of carbonyl (C=O) groups is 2. The summed E-state index contributed by atoms with van der Waals surface area (Å²) in [5.41, 5.74) is 0. The molecule has 116 valence electrons. The second-order valence-corrected chi connectivity index (χ2v) is 8.01. The summed E-state index contributed by atoms with van der Waals surface area (Å²) in [5, 5.41) is 14.0. The van der Waals surface area contributed by atoms with E-state index in [1.807, 2.05) is 6.26 Å². The molecular formula is C11H20N2O5S2. The lowest BCUT2D eigenvalue weighted by Gasteiger charge is -2.24. The number of urea groups is 1. The van der Waals surface area contributed by atoms with E-state index in [-0.39, 0.29) is 17.5 Å². The fraction of sp³-hybridized carbons (Fsp3) is 0.818. The van der Waals surface area contributed by atoms with Gasteiger partial charge in [0.25, 0.3) is 0 Å². The second-order valence-electron chi connectivity index (χ2n) is 4.72. The topological polar surface area (TPSA) is 113 Å². The van der Waals surface area contributed by atoms with Gasteiger partial charge >= 0.3 is 12.0 Å². The van der Waals surface area contributed by atoms with E-state index in [4.69, 9.17) is 5.11 Å². The molecule has 3 N–H and O–H groups in total. The molecule has 1 atom stereocenters. The number of aliphatic carboxylic acids is 1. The van der Waals surface area contributed by atoms with Crippen LogP contribution in [-0.2, 0) is 14.6 Å². The molecule has 0 spiro atoms. The molecule has 1 rings (SSSR count). The number of amides is 2. The third-order valence-corrected chi connectivity index (χ3v) is 5.46. The summed E-state index contributed by atoms with van der Waals surface area (Å²) in [6.45, 7) is 0. The number of hydrogen-bond acceptors (Lipinski definition) is 5. The molecule has 1 saturated heterocycles. The minimum absolute atomic E-state index is 0.0623. The van der Waals surface area contributed by atoms with Crippen molar-refractivity contribution in [2.75, 3.05) is 23.5 Å². The molecule has 0 unspecified atom stereocenters. The van der Waals surface area contributed by atoms with E-state index >= 15 is 0 Å². The lowest BCUT2D eigenvalue weighted by atomic mass is 10.1. The molecule has 20 heavy (non-hydrogen) atoms. The van der Waals surface area contributed by atoms with Crippen LogP contribution in [0.15, 0.2) is 0 Å². The first-order chi connectivity index (χ1) is 9.34. The van der Waals surface area contributed by atoms with E-state index < -0.39 is 27.9 Å². The highest BCUT2D eigenvalue weighted by Crippen LogP contribution is 2.12. The summed E-state index contributed by atoms with van der Waals surface area (Å²) in [6, 6.07) is -1.69. The Labute approximate surface area is 122 Å². The quantitative estimate of drug-likeness (QED) is 0.637. The van der Waals surface area contributed by atoms with Crippen LogP contribution >= 0.6 is 11.8 Å². The maximum atomic E-state index is 11.7. The highest BCUT2D eigenvalue weighted by atomic mass is 32.2. The molecule has 0 radical (unpaired) electrons. The van der Waals surface area contributed by atoms with Crippen LogP contribution in [0.5, 0.6) is 0 Å². The monoisotopic (exact) mass is 324 g/mol. The van der Waals surface area contributed by atoms with Crippen LogP contribution in [0.1, 0.15) is 19.3 Å². The first-order valence-corrected chi connectivity index (χ1v) is 9.55. The molecule has 1 heterocycles. The van der Waals surface area contributed by atoms with Crippen molar-refractivity contribution in [3.63, 3.8) is 0 Å². The first kappa shape index (κ1) is 17.1. The summed E-state index contributed by atoms with van der Waals surface area (Å²) in [6.07, 6.45) is 2.96. The van der Waals surface area contributed by atoms with Gasteiger partial charge in [-0.05, 0) is 31.3 Å². The van der Waals surface area contributed by atoms with Gasteiger partial charge in [0.15, 0.2) is 0 Å². The molecule has 0 aromatic rings. The van der Waals surface area contributed by atoms with Crippen molar-refractivity contribution in [1.82, 2.24) is 10.6 Å². The fourth-order valence-corrected chi connectivity index (χ4v) is 3.88. The Kier molecular flexibility index (Phi) is 6.60. The van der Waals surface area contributed by atoms with Gasteiger partial charge in [0, 0.05) is 6.04 Å². The maximum absolute atomic E-state index is 11.7. The summed E-state index contributed by atoms with van der Waals surface area (Å²) >= 11 is 1.51. The van der Waals surface area contributed by atoms with Gasteiger partial charge in [-0.15, -0.1) is 0 Å². The molecule has 0 bridgehead atoms. The van der Waals surface area contributed by atoms with Crippen molar-refractivity contribution >= 4 is 33.6 Å². The fourth-order valence-electron chi connectivity index (χ4n) is 1.91. The van der Waals surface area contributed by atoms with Gasteiger partial charge in [-0.1, -0.05) is 0 Å². The van der Waals surface area contributed by atoms with Crippen LogP contribution in [-0.4, -0.2) is 61.1 Å². The Hall–Kier alpha value is -0.960. The lowest BCUT2D eigenvalue weighted by Crippen LogP contribution is -2.50. The van der Waals surface area contributed by atoms with Gasteiger partial charge in [-0.2, -0.15) is 11.8 Å². The van der Waals surface area contributed by atoms with Gasteiger partial charge in [0.05, 0.1) is 11.5 Å². The highest BCUT2D eigenvalue weighted by Gasteiger charge is 2.26. The van der Waals surface area contributed by atoms with E-state index in [1.54, 1.807) is 0 Å². The molecule has 2 amide bonds. The minimum atomic E-state index is -2.97. The number of nitrogens with one attached hydrogen (secondary N) is 2. The summed E-state index contributed by atoms with van der Waals surface area (Å²) in [5.74, 6) is -0.307. The molecule has 9 heteroatoms. The zero-order chi connectivity index (χ0) is 15.2. The van der Waals surface area contributed by atoms with E-state index in [1.165, 1.54) is 11.8 Å². The van der Waals surface area contributed by atoms with Crippen molar-refractivity contribution in [3.8, 4) is 0 Å². The third kappa shape index (κ3) is 6.00. The third-order valence-electron chi connectivity index (χ3n) is 3.10. The number of carboxylic acids is 1. The maximum Gasteiger partial charge on any atom is 0.326 e. The van der Waals surface area contributed by atoms with Crippen molar-refractivity contribution in [2.45, 2.75) is 31.3 Å². The van der Waals surface area contributed by atoms with Crippen LogP contribution in [0.3, 0.4) is 0 Å². The second kappa shape index (κ2) is 7.72. The van der Waals surface area contributed by atoms with Gasteiger partial charge in [0.2, 0.25) is 0 Å². The van der Waals surface area contributed by atoms with Crippen LogP contribution in [0.25, 0.3) is 0 Å². The minimum Gasteiger partial charge on any atom is -0.480 e. The Morgan fingerprint density at radius 1 is 1.35 bits per heavy atom. The van der Waals surface area contributed by atoms with Gasteiger partial charge in [0.1, 0.15) is 15.9 Å².